The molecule has 0 fully saturated rings. The SMILES string of the molecule is COCCN(Cc1cccn1Cc1ccccc1C)C[C@@H](O)COCc1ccccc1. The molecule has 5 heteroatoms. The highest BCUT2D eigenvalue weighted by Gasteiger charge is 2.15. The maximum atomic E-state index is 10.6. The lowest BCUT2D eigenvalue weighted by Crippen LogP contribution is -2.37. The van der Waals surface area contributed by atoms with Crippen LogP contribution in [0.1, 0.15) is 22.4 Å². The number of hydrogen-bond donors (Lipinski definition) is 1. The fraction of sp³-hybridized carbons (Fsp3) is 0.385. The Morgan fingerprint density at radius 1 is 1.00 bits per heavy atom. The number of aliphatic hydroxyl groups is 1. The zero-order chi connectivity index (χ0) is 21.9. The van der Waals surface area contributed by atoms with Gasteiger partial charge in [0.2, 0.25) is 0 Å². The normalized spacial score (nSPS) is 12.4. The van der Waals surface area contributed by atoms with Crippen molar-refractivity contribution >= 4 is 0 Å². The van der Waals surface area contributed by atoms with Crippen molar-refractivity contribution in [2.24, 2.45) is 0 Å². The van der Waals surface area contributed by atoms with E-state index in [0.717, 1.165) is 25.2 Å². The van der Waals surface area contributed by atoms with Crippen LogP contribution in [0.5, 0.6) is 0 Å². The van der Waals surface area contributed by atoms with Gasteiger partial charge in [-0.1, -0.05) is 54.6 Å². The molecule has 0 aliphatic rings. The van der Waals surface area contributed by atoms with Crippen LogP contribution in [0.3, 0.4) is 0 Å². The van der Waals surface area contributed by atoms with Crippen molar-refractivity contribution < 1.29 is 14.6 Å². The summed E-state index contributed by atoms with van der Waals surface area (Å²) in [5.41, 5.74) is 4.94. The second-order valence-corrected chi connectivity index (χ2v) is 7.94. The smallest absolute Gasteiger partial charge is 0.0900 e. The van der Waals surface area contributed by atoms with Crippen molar-refractivity contribution in [3.05, 3.63) is 95.3 Å². The Kier molecular flexibility index (Phi) is 9.31. The number of methoxy groups -OCH3 is 1. The minimum Gasteiger partial charge on any atom is -0.389 e. The lowest BCUT2D eigenvalue weighted by Gasteiger charge is -2.25. The Morgan fingerprint density at radius 2 is 1.77 bits per heavy atom. The van der Waals surface area contributed by atoms with Gasteiger partial charge < -0.3 is 19.1 Å². The number of aromatic nitrogens is 1. The summed E-state index contributed by atoms with van der Waals surface area (Å²) in [6.07, 6.45) is 1.57. The number of rotatable bonds is 13. The van der Waals surface area contributed by atoms with Crippen molar-refractivity contribution in [2.75, 3.05) is 33.4 Å². The van der Waals surface area contributed by atoms with Gasteiger partial charge >= 0.3 is 0 Å². The molecule has 1 N–H and O–H groups in total. The topological polar surface area (TPSA) is 46.9 Å². The number of aliphatic hydroxyl groups excluding tert-OH is 1. The first kappa shape index (κ1) is 23.2. The molecule has 0 radical (unpaired) electrons. The molecule has 3 rings (SSSR count). The van der Waals surface area contributed by atoms with E-state index in [1.165, 1.54) is 16.8 Å². The molecule has 31 heavy (non-hydrogen) atoms. The Labute approximate surface area is 185 Å². The third-order valence-electron chi connectivity index (χ3n) is 5.41. The number of ether oxygens (including phenoxy) is 2. The van der Waals surface area contributed by atoms with Crippen LogP contribution in [0.4, 0.5) is 0 Å². The molecule has 0 saturated heterocycles. The van der Waals surface area contributed by atoms with Gasteiger partial charge in [-0.3, -0.25) is 4.90 Å². The minimum atomic E-state index is -0.555. The van der Waals surface area contributed by atoms with E-state index >= 15 is 0 Å². The van der Waals surface area contributed by atoms with Gasteiger partial charge in [-0.15, -0.1) is 0 Å². The first-order valence-electron chi connectivity index (χ1n) is 10.8. The van der Waals surface area contributed by atoms with Crippen LogP contribution < -0.4 is 0 Å². The largest absolute Gasteiger partial charge is 0.389 e. The van der Waals surface area contributed by atoms with Crippen LogP contribution in [-0.4, -0.2) is 54.1 Å². The summed E-state index contributed by atoms with van der Waals surface area (Å²) in [6, 6.07) is 22.7. The lowest BCUT2D eigenvalue weighted by atomic mass is 10.1. The van der Waals surface area contributed by atoms with Crippen LogP contribution in [0.2, 0.25) is 0 Å². The molecule has 1 heterocycles. The van der Waals surface area contributed by atoms with Crippen LogP contribution in [0.25, 0.3) is 0 Å². The van der Waals surface area contributed by atoms with Gasteiger partial charge in [0.25, 0.3) is 0 Å². The maximum Gasteiger partial charge on any atom is 0.0900 e. The van der Waals surface area contributed by atoms with E-state index in [2.05, 4.69) is 59.0 Å². The highest BCUT2D eigenvalue weighted by molar-refractivity contribution is 5.26. The molecule has 3 aromatic rings. The molecule has 1 atom stereocenters. The van der Waals surface area contributed by atoms with Gasteiger partial charge in [0.05, 0.1) is 25.9 Å². The van der Waals surface area contributed by atoms with E-state index in [1.54, 1.807) is 7.11 Å². The Hall–Kier alpha value is -2.44. The highest BCUT2D eigenvalue weighted by atomic mass is 16.5. The number of benzene rings is 2. The molecule has 0 saturated carbocycles. The quantitative estimate of drug-likeness (QED) is 0.454. The molecule has 0 spiro atoms. The summed E-state index contributed by atoms with van der Waals surface area (Å²) in [5.74, 6) is 0. The molecule has 166 valence electrons. The summed E-state index contributed by atoms with van der Waals surface area (Å²) in [6.45, 7) is 6.46. The summed E-state index contributed by atoms with van der Waals surface area (Å²) in [5, 5.41) is 10.6. The standard InChI is InChI=1S/C26H34N2O3/c1-22-9-6-7-12-24(22)17-28-14-8-13-25(28)18-27(15-16-30-2)19-26(29)21-31-20-23-10-4-3-5-11-23/h3-14,26,29H,15-21H2,1-2H3/t26-/m1/s1. The predicted octanol–water partition coefficient (Wildman–Crippen LogP) is 3.87. The molecular weight excluding hydrogens is 388 g/mol. The summed E-state index contributed by atoms with van der Waals surface area (Å²) in [7, 11) is 1.71. The third-order valence-corrected chi connectivity index (χ3v) is 5.41. The predicted molar refractivity (Wildman–Crippen MR) is 124 cm³/mol. The number of hydrogen-bond acceptors (Lipinski definition) is 4. The van der Waals surface area contributed by atoms with Gasteiger partial charge in [0.1, 0.15) is 0 Å². The molecule has 1 aromatic heterocycles. The Balaban J connectivity index is 1.56. The molecule has 0 unspecified atom stereocenters. The summed E-state index contributed by atoms with van der Waals surface area (Å²) in [4.78, 5) is 2.23. The van der Waals surface area contributed by atoms with Crippen LogP contribution in [0.15, 0.2) is 72.9 Å². The van der Waals surface area contributed by atoms with E-state index in [4.69, 9.17) is 9.47 Å². The maximum absolute atomic E-state index is 10.6. The number of nitrogens with zero attached hydrogens (tertiary/aromatic N) is 2. The van der Waals surface area contributed by atoms with Gasteiger partial charge in [0, 0.05) is 45.2 Å². The van der Waals surface area contributed by atoms with Crippen LogP contribution in [-0.2, 0) is 29.2 Å². The Morgan fingerprint density at radius 3 is 2.55 bits per heavy atom. The second kappa shape index (κ2) is 12.4. The van der Waals surface area contributed by atoms with Crippen molar-refractivity contribution in [2.45, 2.75) is 32.7 Å². The zero-order valence-corrected chi connectivity index (χ0v) is 18.6. The first-order chi connectivity index (χ1) is 15.2. The molecule has 2 aromatic carbocycles. The van der Waals surface area contributed by atoms with E-state index in [-0.39, 0.29) is 0 Å². The van der Waals surface area contributed by atoms with E-state index in [1.807, 2.05) is 30.3 Å². The minimum absolute atomic E-state index is 0.308. The van der Waals surface area contributed by atoms with Gasteiger partial charge in [-0.05, 0) is 35.7 Å². The van der Waals surface area contributed by atoms with E-state index in [0.29, 0.717) is 26.4 Å². The number of aryl methyl sites for hydroxylation is 1. The zero-order valence-electron chi connectivity index (χ0n) is 18.6. The van der Waals surface area contributed by atoms with Gasteiger partial charge in [-0.25, -0.2) is 0 Å². The summed E-state index contributed by atoms with van der Waals surface area (Å²) >= 11 is 0. The average Bonchev–Trinajstić information content (AvgIpc) is 3.21. The van der Waals surface area contributed by atoms with Crippen molar-refractivity contribution in [1.82, 2.24) is 9.47 Å². The van der Waals surface area contributed by atoms with E-state index < -0.39 is 6.10 Å². The highest BCUT2D eigenvalue weighted by Crippen LogP contribution is 2.14. The molecule has 0 aliphatic heterocycles. The second-order valence-electron chi connectivity index (χ2n) is 7.94. The van der Waals surface area contributed by atoms with Crippen LogP contribution in [0, 0.1) is 6.92 Å². The molecule has 0 amide bonds. The lowest BCUT2D eigenvalue weighted by molar-refractivity contribution is 0.00443. The molecule has 5 nitrogen and oxygen atoms in total. The van der Waals surface area contributed by atoms with Crippen LogP contribution >= 0.6 is 0 Å². The fourth-order valence-corrected chi connectivity index (χ4v) is 3.64. The van der Waals surface area contributed by atoms with Gasteiger partial charge in [-0.2, -0.15) is 0 Å². The first-order valence-corrected chi connectivity index (χ1v) is 10.8. The van der Waals surface area contributed by atoms with E-state index in [9.17, 15) is 5.11 Å². The third kappa shape index (κ3) is 7.64. The molecule has 0 bridgehead atoms. The van der Waals surface area contributed by atoms with Crippen molar-refractivity contribution in [1.29, 1.82) is 0 Å². The van der Waals surface area contributed by atoms with Crippen molar-refractivity contribution in [3.8, 4) is 0 Å². The molecular formula is C26H34N2O3. The molecule has 0 aliphatic carbocycles. The van der Waals surface area contributed by atoms with Gasteiger partial charge in [0.15, 0.2) is 0 Å². The summed E-state index contributed by atoms with van der Waals surface area (Å²) < 4.78 is 13.3. The Bertz CT molecular complexity index is 894. The fourth-order valence-electron chi connectivity index (χ4n) is 3.64. The van der Waals surface area contributed by atoms with Crippen molar-refractivity contribution in [3.63, 3.8) is 0 Å². The monoisotopic (exact) mass is 422 g/mol. The average molecular weight is 423 g/mol.